The van der Waals surface area contributed by atoms with Gasteiger partial charge < -0.3 is 11.1 Å². The van der Waals surface area contributed by atoms with E-state index in [2.05, 4.69) is 24.4 Å². The van der Waals surface area contributed by atoms with Gasteiger partial charge in [0.15, 0.2) is 0 Å². The van der Waals surface area contributed by atoms with E-state index in [4.69, 9.17) is 5.73 Å². The average molecular weight is 262 g/mol. The van der Waals surface area contributed by atoms with Crippen LogP contribution in [-0.4, -0.2) is 18.0 Å². The van der Waals surface area contributed by atoms with Crippen LogP contribution in [0.3, 0.4) is 0 Å². The van der Waals surface area contributed by atoms with Gasteiger partial charge in [0.25, 0.3) is 0 Å². The van der Waals surface area contributed by atoms with E-state index in [0.717, 1.165) is 0 Å². The Balaban J connectivity index is 2.65. The van der Waals surface area contributed by atoms with Crippen LogP contribution in [0, 0.1) is 5.41 Å². The van der Waals surface area contributed by atoms with Gasteiger partial charge in [-0.25, -0.2) is 0 Å². The van der Waals surface area contributed by atoms with Gasteiger partial charge in [-0.1, -0.05) is 58.0 Å². The van der Waals surface area contributed by atoms with Crippen LogP contribution >= 0.6 is 0 Å². The molecule has 0 saturated heterocycles. The summed E-state index contributed by atoms with van der Waals surface area (Å²) in [5.41, 5.74) is 6.97. The molecular weight excluding hydrogens is 236 g/mol. The van der Waals surface area contributed by atoms with Gasteiger partial charge in [-0.2, -0.15) is 0 Å². The minimum atomic E-state index is -0.488. The number of carbonyl (C=O) groups excluding carboxylic acids is 1. The zero-order valence-corrected chi connectivity index (χ0v) is 12.6. The van der Waals surface area contributed by atoms with Crippen LogP contribution in [0.15, 0.2) is 30.3 Å². The molecule has 0 saturated carbocycles. The predicted molar refractivity (Wildman–Crippen MR) is 79.9 cm³/mol. The van der Waals surface area contributed by atoms with Gasteiger partial charge in [0, 0.05) is 12.0 Å². The van der Waals surface area contributed by atoms with Crippen LogP contribution < -0.4 is 11.1 Å². The quantitative estimate of drug-likeness (QED) is 0.876. The summed E-state index contributed by atoms with van der Waals surface area (Å²) in [6.45, 7) is 10.1. The molecule has 0 radical (unpaired) electrons. The largest absolute Gasteiger partial charge is 0.352 e. The Hall–Kier alpha value is -1.35. The molecule has 2 unspecified atom stereocenters. The van der Waals surface area contributed by atoms with E-state index in [1.54, 1.807) is 0 Å². The number of carbonyl (C=O) groups is 1. The third-order valence-corrected chi connectivity index (χ3v) is 3.66. The van der Waals surface area contributed by atoms with Crippen molar-refractivity contribution >= 4 is 5.91 Å². The Labute approximate surface area is 116 Å². The standard InChI is InChI=1S/C16H26N2O/c1-11(13-9-7-6-8-10-13)12(2)18-15(19)14(17)16(3,4)5/h6-12,14H,17H2,1-5H3,(H,18,19)/t11?,12?,14-/m1/s1. The summed E-state index contributed by atoms with van der Waals surface area (Å²) in [7, 11) is 0. The van der Waals surface area contributed by atoms with E-state index < -0.39 is 6.04 Å². The molecule has 0 aliphatic carbocycles. The molecule has 3 N–H and O–H groups in total. The summed E-state index contributed by atoms with van der Waals surface area (Å²) < 4.78 is 0. The first-order valence-electron chi connectivity index (χ1n) is 6.84. The van der Waals surface area contributed by atoms with Crippen molar-refractivity contribution in [3.05, 3.63) is 35.9 Å². The number of nitrogens with two attached hydrogens (primary N) is 1. The van der Waals surface area contributed by atoms with Gasteiger partial charge in [-0.3, -0.25) is 4.79 Å². The Kier molecular flexibility index (Phi) is 5.12. The number of nitrogens with one attached hydrogen (secondary N) is 1. The van der Waals surface area contributed by atoms with E-state index in [0.29, 0.717) is 0 Å². The second-order valence-electron chi connectivity index (χ2n) is 6.34. The fraction of sp³-hybridized carbons (Fsp3) is 0.562. The number of amides is 1. The molecule has 1 rings (SSSR count). The lowest BCUT2D eigenvalue weighted by molar-refractivity contribution is -0.125. The van der Waals surface area contributed by atoms with E-state index in [1.165, 1.54) is 5.56 Å². The van der Waals surface area contributed by atoms with Crippen LogP contribution in [-0.2, 0) is 4.79 Å². The summed E-state index contributed by atoms with van der Waals surface area (Å²) in [5, 5.41) is 3.02. The van der Waals surface area contributed by atoms with Crippen molar-refractivity contribution < 1.29 is 4.79 Å². The lowest BCUT2D eigenvalue weighted by Crippen LogP contribution is -2.51. The van der Waals surface area contributed by atoms with Crippen LogP contribution in [0.1, 0.15) is 46.1 Å². The monoisotopic (exact) mass is 262 g/mol. The van der Waals surface area contributed by atoms with Crippen molar-refractivity contribution in [2.24, 2.45) is 11.1 Å². The van der Waals surface area contributed by atoms with Crippen LogP contribution in [0.25, 0.3) is 0 Å². The maximum atomic E-state index is 12.1. The van der Waals surface area contributed by atoms with Crippen molar-refractivity contribution in [3.8, 4) is 0 Å². The van der Waals surface area contributed by atoms with Gasteiger partial charge in [0.1, 0.15) is 0 Å². The third-order valence-electron chi connectivity index (χ3n) is 3.66. The second kappa shape index (κ2) is 6.20. The lowest BCUT2D eigenvalue weighted by Gasteiger charge is -2.29. The zero-order valence-electron chi connectivity index (χ0n) is 12.6. The van der Waals surface area contributed by atoms with E-state index in [-0.39, 0.29) is 23.3 Å². The maximum Gasteiger partial charge on any atom is 0.237 e. The molecule has 19 heavy (non-hydrogen) atoms. The van der Waals surface area contributed by atoms with Gasteiger partial charge in [-0.15, -0.1) is 0 Å². The first-order valence-corrected chi connectivity index (χ1v) is 6.84. The van der Waals surface area contributed by atoms with Crippen molar-refractivity contribution in [2.45, 2.75) is 52.6 Å². The predicted octanol–water partition coefficient (Wildman–Crippen LogP) is 2.67. The Morgan fingerprint density at radius 2 is 1.68 bits per heavy atom. The van der Waals surface area contributed by atoms with Crippen molar-refractivity contribution in [1.82, 2.24) is 5.32 Å². The third kappa shape index (κ3) is 4.35. The molecule has 0 aliphatic heterocycles. The van der Waals surface area contributed by atoms with Crippen LogP contribution in [0.2, 0.25) is 0 Å². The highest BCUT2D eigenvalue weighted by molar-refractivity contribution is 5.82. The highest BCUT2D eigenvalue weighted by Crippen LogP contribution is 2.20. The molecule has 1 aromatic rings. The second-order valence-corrected chi connectivity index (χ2v) is 6.34. The molecular formula is C16H26N2O. The SMILES string of the molecule is CC(NC(=O)[C@@H](N)C(C)(C)C)C(C)c1ccccc1. The molecule has 0 bridgehead atoms. The molecule has 0 heterocycles. The minimum Gasteiger partial charge on any atom is -0.352 e. The molecule has 3 heteroatoms. The highest BCUT2D eigenvalue weighted by atomic mass is 16.2. The molecule has 106 valence electrons. The fourth-order valence-electron chi connectivity index (χ4n) is 1.88. The van der Waals surface area contributed by atoms with Crippen LogP contribution in [0.4, 0.5) is 0 Å². The summed E-state index contributed by atoms with van der Waals surface area (Å²) in [5.74, 6) is 0.181. The molecule has 3 atom stereocenters. The molecule has 0 aliphatic rings. The molecule has 0 spiro atoms. The fourth-order valence-corrected chi connectivity index (χ4v) is 1.88. The number of rotatable bonds is 4. The Morgan fingerprint density at radius 1 is 1.16 bits per heavy atom. The molecule has 0 fully saturated rings. The first kappa shape index (κ1) is 15.7. The Morgan fingerprint density at radius 3 is 2.16 bits per heavy atom. The summed E-state index contributed by atoms with van der Waals surface area (Å²) in [6, 6.07) is 9.76. The smallest absolute Gasteiger partial charge is 0.237 e. The van der Waals surface area contributed by atoms with E-state index >= 15 is 0 Å². The maximum absolute atomic E-state index is 12.1. The summed E-state index contributed by atoms with van der Waals surface area (Å²) in [6.07, 6.45) is 0. The van der Waals surface area contributed by atoms with Gasteiger partial charge in [0.05, 0.1) is 6.04 Å². The van der Waals surface area contributed by atoms with E-state index in [9.17, 15) is 4.79 Å². The molecule has 1 amide bonds. The molecule has 0 aromatic heterocycles. The van der Waals surface area contributed by atoms with Crippen molar-refractivity contribution in [3.63, 3.8) is 0 Å². The molecule has 3 nitrogen and oxygen atoms in total. The number of hydrogen-bond acceptors (Lipinski definition) is 2. The number of benzene rings is 1. The van der Waals surface area contributed by atoms with Gasteiger partial charge >= 0.3 is 0 Å². The van der Waals surface area contributed by atoms with Crippen LogP contribution in [0.5, 0.6) is 0 Å². The Bertz CT molecular complexity index is 409. The van der Waals surface area contributed by atoms with Crippen molar-refractivity contribution in [2.75, 3.05) is 0 Å². The van der Waals surface area contributed by atoms with Crippen molar-refractivity contribution in [1.29, 1.82) is 0 Å². The number of hydrogen-bond donors (Lipinski definition) is 2. The van der Waals surface area contributed by atoms with Gasteiger partial charge in [-0.05, 0) is 17.9 Å². The normalized spacial score (nSPS) is 16.5. The topological polar surface area (TPSA) is 55.1 Å². The van der Waals surface area contributed by atoms with E-state index in [1.807, 2.05) is 45.9 Å². The zero-order chi connectivity index (χ0) is 14.6. The first-order chi connectivity index (χ1) is 8.73. The summed E-state index contributed by atoms with van der Waals surface area (Å²) in [4.78, 5) is 12.1. The summed E-state index contributed by atoms with van der Waals surface area (Å²) >= 11 is 0. The lowest BCUT2D eigenvalue weighted by atomic mass is 9.86. The van der Waals surface area contributed by atoms with Gasteiger partial charge in [0.2, 0.25) is 5.91 Å². The minimum absolute atomic E-state index is 0.0586. The molecule has 1 aromatic carbocycles. The average Bonchev–Trinajstić information content (AvgIpc) is 2.36. The highest BCUT2D eigenvalue weighted by Gasteiger charge is 2.29.